The van der Waals surface area contributed by atoms with Crippen LogP contribution in [0.4, 0.5) is 4.39 Å². The van der Waals surface area contributed by atoms with Crippen LogP contribution in [0, 0.1) is 5.82 Å². The lowest BCUT2D eigenvalue weighted by Crippen LogP contribution is -2.32. The van der Waals surface area contributed by atoms with E-state index in [1.165, 1.54) is 27.8 Å². The van der Waals surface area contributed by atoms with Gasteiger partial charge in [-0.15, -0.1) is 11.3 Å². The van der Waals surface area contributed by atoms with Crippen molar-refractivity contribution < 1.29 is 12.8 Å². The minimum absolute atomic E-state index is 0.0500. The van der Waals surface area contributed by atoms with Crippen LogP contribution in [-0.4, -0.2) is 18.8 Å². The van der Waals surface area contributed by atoms with Crippen molar-refractivity contribution in [2.75, 3.05) is 0 Å². The van der Waals surface area contributed by atoms with Crippen molar-refractivity contribution in [1.82, 2.24) is 4.31 Å². The van der Waals surface area contributed by atoms with Gasteiger partial charge in [-0.3, -0.25) is 0 Å². The average Bonchev–Trinajstić information content (AvgIpc) is 3.18. The van der Waals surface area contributed by atoms with Crippen LogP contribution in [0.15, 0.2) is 44.4 Å². The van der Waals surface area contributed by atoms with Gasteiger partial charge in [0.1, 0.15) is 10.0 Å². The predicted molar refractivity (Wildman–Crippen MR) is 84.2 cm³/mol. The molecule has 1 heterocycles. The molecule has 0 saturated heterocycles. The van der Waals surface area contributed by atoms with Gasteiger partial charge in [-0.05, 0) is 57.9 Å². The second-order valence-corrected chi connectivity index (χ2v) is 8.82. The van der Waals surface area contributed by atoms with E-state index in [1.54, 1.807) is 23.6 Å². The molecule has 0 N–H and O–H groups in total. The highest BCUT2D eigenvalue weighted by molar-refractivity contribution is 9.10. The third-order valence-corrected chi connectivity index (χ3v) is 7.88. The van der Waals surface area contributed by atoms with E-state index in [-0.39, 0.29) is 18.4 Å². The van der Waals surface area contributed by atoms with Crippen LogP contribution < -0.4 is 0 Å². The summed E-state index contributed by atoms with van der Waals surface area (Å²) in [6.45, 7) is 0.275. The van der Waals surface area contributed by atoms with Crippen LogP contribution in [-0.2, 0) is 16.6 Å². The number of nitrogens with zero attached hydrogens (tertiary/aromatic N) is 1. The molecule has 0 amide bonds. The van der Waals surface area contributed by atoms with E-state index in [1.807, 2.05) is 0 Å². The molecule has 1 fully saturated rings. The highest BCUT2D eigenvalue weighted by Crippen LogP contribution is 2.37. The smallest absolute Gasteiger partial charge is 0.207 e. The van der Waals surface area contributed by atoms with E-state index in [4.69, 9.17) is 0 Å². The summed E-state index contributed by atoms with van der Waals surface area (Å²) in [5, 5.41) is 1.75. The first-order chi connectivity index (χ1) is 9.98. The number of hydrogen-bond acceptors (Lipinski definition) is 3. The summed E-state index contributed by atoms with van der Waals surface area (Å²) in [7, 11) is -3.52. The normalized spacial score (nSPS) is 15.6. The second-order valence-electron chi connectivity index (χ2n) is 4.96. The molecule has 0 bridgehead atoms. The molecular weight excluding hydrogens is 377 g/mol. The molecule has 1 aliphatic carbocycles. The first kappa shape index (κ1) is 15.1. The fourth-order valence-electron chi connectivity index (χ4n) is 2.11. The highest BCUT2D eigenvalue weighted by Gasteiger charge is 2.39. The van der Waals surface area contributed by atoms with Crippen molar-refractivity contribution in [3.05, 3.63) is 51.6 Å². The molecule has 3 rings (SSSR count). The molecule has 1 aromatic carbocycles. The second kappa shape index (κ2) is 5.79. The molecule has 1 saturated carbocycles. The van der Waals surface area contributed by atoms with Crippen molar-refractivity contribution in [3.8, 4) is 0 Å². The fourth-order valence-corrected chi connectivity index (χ4v) is 6.21. The minimum Gasteiger partial charge on any atom is -0.207 e. The zero-order chi connectivity index (χ0) is 15.0. The van der Waals surface area contributed by atoms with E-state index in [0.29, 0.717) is 8.68 Å². The Morgan fingerprint density at radius 2 is 1.90 bits per heavy atom. The van der Waals surface area contributed by atoms with Gasteiger partial charge in [0.05, 0.1) is 0 Å². The molecule has 7 heteroatoms. The summed E-state index contributed by atoms with van der Waals surface area (Å²) >= 11 is 4.50. The van der Waals surface area contributed by atoms with Gasteiger partial charge in [0, 0.05) is 17.1 Å². The molecule has 0 aliphatic heterocycles. The molecule has 0 spiro atoms. The molecule has 112 valence electrons. The van der Waals surface area contributed by atoms with Crippen LogP contribution in [0.3, 0.4) is 0 Å². The molecule has 1 aliphatic rings. The van der Waals surface area contributed by atoms with E-state index in [2.05, 4.69) is 15.9 Å². The summed E-state index contributed by atoms with van der Waals surface area (Å²) in [5.41, 5.74) is 0.791. The van der Waals surface area contributed by atoms with Crippen LogP contribution in [0.2, 0.25) is 0 Å². The number of rotatable bonds is 5. The summed E-state index contributed by atoms with van der Waals surface area (Å²) in [6.07, 6.45) is 1.76. The van der Waals surface area contributed by atoms with E-state index < -0.39 is 10.0 Å². The summed E-state index contributed by atoms with van der Waals surface area (Å²) in [4.78, 5) is 0. The Kier molecular flexibility index (Phi) is 4.18. The largest absolute Gasteiger partial charge is 0.254 e. The van der Waals surface area contributed by atoms with Crippen LogP contribution >= 0.6 is 27.3 Å². The maximum Gasteiger partial charge on any atom is 0.254 e. The third kappa shape index (κ3) is 3.21. The lowest BCUT2D eigenvalue weighted by molar-refractivity contribution is 0.399. The van der Waals surface area contributed by atoms with Crippen molar-refractivity contribution in [3.63, 3.8) is 0 Å². The van der Waals surface area contributed by atoms with Gasteiger partial charge in [-0.1, -0.05) is 12.1 Å². The number of benzene rings is 1. The molecule has 2 aromatic rings. The quantitative estimate of drug-likeness (QED) is 0.774. The van der Waals surface area contributed by atoms with Gasteiger partial charge in [0.15, 0.2) is 0 Å². The van der Waals surface area contributed by atoms with Crippen molar-refractivity contribution in [1.29, 1.82) is 0 Å². The average molecular weight is 390 g/mol. The highest BCUT2D eigenvalue weighted by atomic mass is 79.9. The summed E-state index contributed by atoms with van der Waals surface area (Å²) < 4.78 is 41.0. The van der Waals surface area contributed by atoms with Crippen LogP contribution in [0.5, 0.6) is 0 Å². The first-order valence-electron chi connectivity index (χ1n) is 6.48. The van der Waals surface area contributed by atoms with Gasteiger partial charge in [-0.25, -0.2) is 12.8 Å². The van der Waals surface area contributed by atoms with Gasteiger partial charge in [-0.2, -0.15) is 4.31 Å². The lowest BCUT2D eigenvalue weighted by Gasteiger charge is -2.21. The molecule has 1 aromatic heterocycles. The number of halogens is 2. The monoisotopic (exact) mass is 389 g/mol. The molecule has 0 radical (unpaired) electrons. The predicted octanol–water partition coefficient (Wildman–Crippen LogP) is 4.00. The Morgan fingerprint density at radius 1 is 1.24 bits per heavy atom. The van der Waals surface area contributed by atoms with Gasteiger partial charge >= 0.3 is 0 Å². The zero-order valence-corrected chi connectivity index (χ0v) is 14.2. The van der Waals surface area contributed by atoms with Crippen molar-refractivity contribution in [2.24, 2.45) is 0 Å². The van der Waals surface area contributed by atoms with E-state index in [0.717, 1.165) is 18.4 Å². The Balaban J connectivity index is 1.91. The lowest BCUT2D eigenvalue weighted by atomic mass is 10.2. The SMILES string of the molecule is O=S(=O)(c1sccc1Br)N(Cc1ccc(F)cc1)C1CC1. The summed E-state index contributed by atoms with van der Waals surface area (Å²) in [6, 6.07) is 7.75. The van der Waals surface area contributed by atoms with Crippen LogP contribution in [0.25, 0.3) is 0 Å². The maximum absolute atomic E-state index is 13.0. The Labute approximate surface area is 135 Å². The molecule has 0 unspecified atom stereocenters. The number of hydrogen-bond donors (Lipinski definition) is 0. The Bertz CT molecular complexity index is 739. The Hall–Kier alpha value is -0.760. The van der Waals surface area contributed by atoms with Crippen molar-refractivity contribution in [2.45, 2.75) is 29.6 Å². The number of thiophene rings is 1. The molecule has 0 atom stereocenters. The van der Waals surface area contributed by atoms with Gasteiger partial charge in [0.2, 0.25) is 0 Å². The van der Waals surface area contributed by atoms with Gasteiger partial charge in [0.25, 0.3) is 10.0 Å². The van der Waals surface area contributed by atoms with Gasteiger partial charge < -0.3 is 0 Å². The van der Waals surface area contributed by atoms with E-state index >= 15 is 0 Å². The van der Waals surface area contributed by atoms with Crippen LogP contribution in [0.1, 0.15) is 18.4 Å². The van der Waals surface area contributed by atoms with Crippen molar-refractivity contribution >= 4 is 37.3 Å². The third-order valence-electron chi connectivity index (χ3n) is 3.33. The first-order valence-corrected chi connectivity index (χ1v) is 9.59. The Morgan fingerprint density at radius 3 is 2.43 bits per heavy atom. The fraction of sp³-hybridized carbons (Fsp3) is 0.286. The standard InChI is InChI=1S/C14H13BrFNO2S2/c15-13-7-8-20-14(13)21(18,19)17(12-5-6-12)9-10-1-3-11(16)4-2-10/h1-4,7-8,12H,5-6,9H2. The minimum atomic E-state index is -3.52. The van der Waals surface area contributed by atoms with E-state index in [9.17, 15) is 12.8 Å². The molecule has 3 nitrogen and oxygen atoms in total. The molecule has 21 heavy (non-hydrogen) atoms. The zero-order valence-electron chi connectivity index (χ0n) is 11.0. The number of sulfonamides is 1. The molecular formula is C14H13BrFNO2S2. The maximum atomic E-state index is 13.0. The topological polar surface area (TPSA) is 37.4 Å². The summed E-state index contributed by atoms with van der Waals surface area (Å²) in [5.74, 6) is -0.319.